The largest absolute Gasteiger partial charge is 0.491 e. The summed E-state index contributed by atoms with van der Waals surface area (Å²) in [6, 6.07) is 7.23. The molecule has 0 saturated carbocycles. The van der Waals surface area contributed by atoms with Crippen LogP contribution >= 0.6 is 11.6 Å². The number of carbonyl (C=O) groups excluding carboxylic acids is 1. The van der Waals surface area contributed by atoms with Crippen LogP contribution in [-0.4, -0.2) is 32.3 Å². The molecule has 5 heteroatoms. The van der Waals surface area contributed by atoms with Gasteiger partial charge in [0.15, 0.2) is 0 Å². The maximum absolute atomic E-state index is 11.6. The van der Waals surface area contributed by atoms with Gasteiger partial charge in [-0.1, -0.05) is 30.7 Å². The third-order valence-corrected chi connectivity index (χ3v) is 3.35. The zero-order chi connectivity index (χ0) is 13.7. The number of rotatable bonds is 6. The molecule has 104 valence electrons. The normalized spacial score (nSPS) is 16.5. The third kappa shape index (κ3) is 4.11. The number of carbonyl (C=O) groups is 1. The van der Waals surface area contributed by atoms with Crippen molar-refractivity contribution in [3.05, 3.63) is 29.3 Å². The van der Waals surface area contributed by atoms with E-state index in [2.05, 4.69) is 12.2 Å². The van der Waals surface area contributed by atoms with Crippen LogP contribution in [0.15, 0.2) is 24.3 Å². The molecule has 4 nitrogen and oxygen atoms in total. The summed E-state index contributed by atoms with van der Waals surface area (Å²) in [6.07, 6.45) is 0.322. The minimum Gasteiger partial charge on any atom is -0.491 e. The number of hydrogen-bond donors (Lipinski definition) is 1. The second kappa shape index (κ2) is 6.26. The third-order valence-electron chi connectivity index (χ3n) is 3.04. The molecule has 1 aliphatic heterocycles. The Bertz CT molecular complexity index is 446. The van der Waals surface area contributed by atoms with Gasteiger partial charge >= 0.3 is 0 Å². The van der Waals surface area contributed by atoms with Gasteiger partial charge in [-0.05, 0) is 12.1 Å². The molecule has 1 aliphatic rings. The molecule has 1 aromatic rings. The van der Waals surface area contributed by atoms with Crippen LogP contribution in [0.4, 0.5) is 0 Å². The molecule has 0 bridgehead atoms. The molecule has 0 atom stereocenters. The van der Waals surface area contributed by atoms with E-state index in [1.165, 1.54) is 0 Å². The molecule has 0 unspecified atom stereocenters. The Morgan fingerprint density at radius 1 is 1.47 bits per heavy atom. The van der Waals surface area contributed by atoms with Gasteiger partial charge in [-0.3, -0.25) is 4.79 Å². The summed E-state index contributed by atoms with van der Waals surface area (Å²) >= 11 is 5.95. The first-order valence-electron chi connectivity index (χ1n) is 6.31. The fourth-order valence-electron chi connectivity index (χ4n) is 1.77. The molecule has 19 heavy (non-hydrogen) atoms. The smallest absolute Gasteiger partial charge is 0.223 e. The van der Waals surface area contributed by atoms with Gasteiger partial charge < -0.3 is 14.8 Å². The summed E-state index contributed by atoms with van der Waals surface area (Å²) < 4.78 is 10.6. The highest BCUT2D eigenvalue weighted by Crippen LogP contribution is 2.25. The van der Waals surface area contributed by atoms with Crippen molar-refractivity contribution in [3.8, 4) is 5.75 Å². The molecule has 1 aromatic carbocycles. The highest BCUT2D eigenvalue weighted by molar-refractivity contribution is 6.32. The van der Waals surface area contributed by atoms with Crippen molar-refractivity contribution in [2.24, 2.45) is 5.41 Å². The summed E-state index contributed by atoms with van der Waals surface area (Å²) in [5, 5.41) is 3.45. The summed E-state index contributed by atoms with van der Waals surface area (Å²) in [5.74, 6) is 0.594. The van der Waals surface area contributed by atoms with Crippen LogP contribution in [0.5, 0.6) is 5.75 Å². The summed E-state index contributed by atoms with van der Waals surface area (Å²) in [7, 11) is 0. The Labute approximate surface area is 118 Å². The lowest BCUT2D eigenvalue weighted by Gasteiger charge is -2.38. The number of hydrogen-bond acceptors (Lipinski definition) is 3. The number of ether oxygens (including phenoxy) is 2. The van der Waals surface area contributed by atoms with Crippen LogP contribution in [-0.2, 0) is 9.53 Å². The average Bonchev–Trinajstić information content (AvgIpc) is 2.36. The summed E-state index contributed by atoms with van der Waals surface area (Å²) in [6.45, 7) is 4.49. The van der Waals surface area contributed by atoms with Crippen molar-refractivity contribution >= 4 is 17.5 Å². The number of amides is 1. The number of para-hydroxylation sites is 1. The van der Waals surface area contributed by atoms with Gasteiger partial charge in [-0.15, -0.1) is 0 Å². The van der Waals surface area contributed by atoms with Gasteiger partial charge in [-0.2, -0.15) is 0 Å². The van der Waals surface area contributed by atoms with Crippen molar-refractivity contribution in [1.82, 2.24) is 5.32 Å². The lowest BCUT2D eigenvalue weighted by molar-refractivity contribution is -0.127. The van der Waals surface area contributed by atoms with E-state index < -0.39 is 0 Å². The number of benzene rings is 1. The van der Waals surface area contributed by atoms with Gasteiger partial charge in [-0.25, -0.2) is 0 Å². The molecular weight excluding hydrogens is 266 g/mol. The second-order valence-electron chi connectivity index (χ2n) is 5.11. The Morgan fingerprint density at radius 2 is 2.21 bits per heavy atom. The molecule has 0 aliphatic carbocycles. The van der Waals surface area contributed by atoms with Crippen LogP contribution < -0.4 is 10.1 Å². The van der Waals surface area contributed by atoms with Crippen molar-refractivity contribution < 1.29 is 14.3 Å². The van der Waals surface area contributed by atoms with E-state index in [0.29, 0.717) is 43.6 Å². The minimum absolute atomic E-state index is 0.0137. The Kier molecular flexibility index (Phi) is 4.66. The first kappa shape index (κ1) is 14.2. The first-order chi connectivity index (χ1) is 9.09. The topological polar surface area (TPSA) is 47.6 Å². The average molecular weight is 284 g/mol. The van der Waals surface area contributed by atoms with Gasteiger partial charge in [0, 0.05) is 12.0 Å². The molecular formula is C14H18ClNO3. The van der Waals surface area contributed by atoms with Crippen LogP contribution in [0, 0.1) is 5.41 Å². The first-order valence-corrected chi connectivity index (χ1v) is 6.69. The number of nitrogens with one attached hydrogen (secondary N) is 1. The zero-order valence-electron chi connectivity index (χ0n) is 10.9. The van der Waals surface area contributed by atoms with Crippen molar-refractivity contribution in [2.75, 3.05) is 26.4 Å². The SMILES string of the molecule is CC1(CNC(=O)CCOc2ccccc2Cl)COC1. The van der Waals surface area contributed by atoms with E-state index in [1.807, 2.05) is 12.1 Å². The fourth-order valence-corrected chi connectivity index (χ4v) is 1.96. The Morgan fingerprint density at radius 3 is 2.84 bits per heavy atom. The Hall–Kier alpha value is -1.26. The molecule has 1 amide bonds. The summed E-state index contributed by atoms with van der Waals surface area (Å²) in [5.41, 5.74) is 0.0965. The predicted molar refractivity (Wildman–Crippen MR) is 73.5 cm³/mol. The minimum atomic E-state index is -0.0137. The van der Waals surface area contributed by atoms with Crippen LogP contribution in [0.25, 0.3) is 0 Å². The van der Waals surface area contributed by atoms with E-state index in [1.54, 1.807) is 12.1 Å². The van der Waals surface area contributed by atoms with E-state index in [4.69, 9.17) is 21.1 Å². The van der Waals surface area contributed by atoms with E-state index in [0.717, 1.165) is 0 Å². The molecule has 1 heterocycles. The van der Waals surface area contributed by atoms with Gasteiger partial charge in [0.1, 0.15) is 5.75 Å². The molecule has 1 saturated heterocycles. The van der Waals surface area contributed by atoms with Crippen LogP contribution in [0.1, 0.15) is 13.3 Å². The van der Waals surface area contributed by atoms with Gasteiger partial charge in [0.05, 0.1) is 31.3 Å². The van der Waals surface area contributed by atoms with E-state index in [-0.39, 0.29) is 11.3 Å². The molecule has 1 N–H and O–H groups in total. The van der Waals surface area contributed by atoms with Crippen LogP contribution in [0.3, 0.4) is 0 Å². The predicted octanol–water partition coefficient (Wildman–Crippen LogP) is 2.26. The van der Waals surface area contributed by atoms with Gasteiger partial charge in [0.2, 0.25) is 5.91 Å². The molecule has 1 fully saturated rings. The molecule has 2 rings (SSSR count). The fraction of sp³-hybridized carbons (Fsp3) is 0.500. The van der Waals surface area contributed by atoms with Crippen molar-refractivity contribution in [3.63, 3.8) is 0 Å². The van der Waals surface area contributed by atoms with E-state index in [9.17, 15) is 4.79 Å². The number of halogens is 1. The quantitative estimate of drug-likeness (QED) is 0.871. The molecule has 0 radical (unpaired) electrons. The van der Waals surface area contributed by atoms with Crippen molar-refractivity contribution in [1.29, 1.82) is 0 Å². The molecule has 0 aromatic heterocycles. The maximum Gasteiger partial charge on any atom is 0.223 e. The molecule has 0 spiro atoms. The van der Waals surface area contributed by atoms with Gasteiger partial charge in [0.25, 0.3) is 0 Å². The monoisotopic (exact) mass is 283 g/mol. The highest BCUT2D eigenvalue weighted by Gasteiger charge is 2.33. The highest BCUT2D eigenvalue weighted by atomic mass is 35.5. The van der Waals surface area contributed by atoms with E-state index >= 15 is 0 Å². The van der Waals surface area contributed by atoms with Crippen LogP contribution in [0.2, 0.25) is 5.02 Å². The second-order valence-corrected chi connectivity index (χ2v) is 5.52. The Balaban J connectivity index is 1.65. The maximum atomic E-state index is 11.6. The zero-order valence-corrected chi connectivity index (χ0v) is 11.7. The lowest BCUT2D eigenvalue weighted by atomic mass is 9.89. The standard InChI is InChI=1S/C14H18ClNO3/c1-14(9-18-10-14)8-16-13(17)6-7-19-12-5-3-2-4-11(12)15/h2-5H,6-10H2,1H3,(H,16,17). The lowest BCUT2D eigenvalue weighted by Crippen LogP contribution is -2.48. The van der Waals surface area contributed by atoms with Crippen molar-refractivity contribution in [2.45, 2.75) is 13.3 Å². The summed E-state index contributed by atoms with van der Waals surface area (Å²) in [4.78, 5) is 11.6.